The maximum atomic E-state index is 13.6. The van der Waals surface area contributed by atoms with E-state index in [-0.39, 0.29) is 26.3 Å². The Kier molecular flexibility index (Phi) is 13.5. The highest BCUT2D eigenvalue weighted by molar-refractivity contribution is 5.98. The number of nitrogens with zero attached hydrogens (tertiary/aromatic N) is 2. The Morgan fingerprint density at radius 2 is 1.63 bits per heavy atom. The third-order valence-electron chi connectivity index (χ3n) is 6.65. The second kappa shape index (κ2) is 16.5. The van der Waals surface area contributed by atoms with Gasteiger partial charge in [-0.3, -0.25) is 9.59 Å². The van der Waals surface area contributed by atoms with E-state index in [9.17, 15) is 23.6 Å². The predicted octanol–water partition coefficient (Wildman–Crippen LogP) is 5.56. The van der Waals surface area contributed by atoms with Gasteiger partial charge in [-0.15, -0.1) is 0 Å². The van der Waals surface area contributed by atoms with Crippen LogP contribution in [0.2, 0.25) is 0 Å². The lowest BCUT2D eigenvalue weighted by Crippen LogP contribution is -2.58. The number of hydrogen-bond donors (Lipinski definition) is 3. The summed E-state index contributed by atoms with van der Waals surface area (Å²) in [6.07, 6.45) is 3.59. The molecule has 1 unspecified atom stereocenters. The van der Waals surface area contributed by atoms with Crippen LogP contribution >= 0.6 is 0 Å². The highest BCUT2D eigenvalue weighted by atomic mass is 19.1. The summed E-state index contributed by atoms with van der Waals surface area (Å²) in [5, 5.41) is 8.03. The first kappa shape index (κ1) is 37.4. The predicted molar refractivity (Wildman–Crippen MR) is 174 cm³/mol. The molecule has 0 fully saturated rings. The molecule has 0 spiro atoms. The molecule has 3 aromatic rings. The van der Waals surface area contributed by atoms with Gasteiger partial charge in [-0.25, -0.2) is 19.0 Å². The molecule has 0 bridgehead atoms. The van der Waals surface area contributed by atoms with Crippen molar-refractivity contribution in [3.8, 4) is 0 Å². The summed E-state index contributed by atoms with van der Waals surface area (Å²) >= 11 is 0. The molecule has 3 rings (SSSR count). The Bertz CT molecular complexity index is 1450. The molecule has 46 heavy (non-hydrogen) atoms. The highest BCUT2D eigenvalue weighted by Crippen LogP contribution is 2.23. The summed E-state index contributed by atoms with van der Waals surface area (Å²) in [5.41, 5.74) is -0.609. The monoisotopic (exact) mass is 639 g/mol. The number of imidazole rings is 1. The summed E-state index contributed by atoms with van der Waals surface area (Å²) in [6.45, 7) is 9.97. The molecule has 2 atom stereocenters. The first-order valence-corrected chi connectivity index (χ1v) is 14.8. The first-order chi connectivity index (χ1) is 21.2. The average molecular weight is 640 g/mol. The minimum atomic E-state index is -1.40. The molecule has 0 aliphatic rings. The molecule has 0 aliphatic heterocycles. The van der Waals surface area contributed by atoms with E-state index in [2.05, 4.69) is 20.9 Å². The Morgan fingerprint density at radius 3 is 2.24 bits per heavy atom. The number of halogens is 1. The molecular weight excluding hydrogens is 593 g/mol. The normalized spacial score (nSPS) is 12.6. The van der Waals surface area contributed by atoms with Crippen molar-refractivity contribution in [3.63, 3.8) is 0 Å². The number of nitrogens with one attached hydrogen (secondary N) is 3. The van der Waals surface area contributed by atoms with Crippen LogP contribution in [0.25, 0.3) is 0 Å². The van der Waals surface area contributed by atoms with Crippen molar-refractivity contribution in [1.82, 2.24) is 20.2 Å². The van der Waals surface area contributed by atoms with Gasteiger partial charge in [-0.1, -0.05) is 49.9 Å². The third-order valence-corrected chi connectivity index (χ3v) is 6.65. The number of aromatic nitrogens is 2. The van der Waals surface area contributed by atoms with Gasteiger partial charge in [0.25, 0.3) is 0 Å². The number of rotatable bonds is 13. The molecule has 11 nitrogen and oxygen atoms in total. The van der Waals surface area contributed by atoms with Gasteiger partial charge in [0.15, 0.2) is 11.9 Å². The SMILES string of the molecule is C.CCOC(=O)C(c1ccc(F)cc1)n1cnc(NC(=O)[C@@H](CCCc2ccccc2)NC(=O)C(C)(C)NC(=O)OC(C)(C)C)c1. The number of benzene rings is 2. The summed E-state index contributed by atoms with van der Waals surface area (Å²) in [7, 11) is 0. The lowest BCUT2D eigenvalue weighted by molar-refractivity contribution is -0.145. The van der Waals surface area contributed by atoms with Crippen LogP contribution in [-0.4, -0.2) is 57.2 Å². The Balaban J connectivity index is 0.00000736. The van der Waals surface area contributed by atoms with Crippen LogP contribution in [0, 0.1) is 5.82 Å². The van der Waals surface area contributed by atoms with E-state index < -0.39 is 52.9 Å². The second-order valence-corrected chi connectivity index (χ2v) is 12.1. The number of ether oxygens (including phenoxy) is 2. The van der Waals surface area contributed by atoms with Crippen LogP contribution < -0.4 is 16.0 Å². The van der Waals surface area contributed by atoms with Gasteiger partial charge >= 0.3 is 12.1 Å². The number of alkyl carbamates (subject to hydrolysis) is 1. The Labute approximate surface area is 270 Å². The first-order valence-electron chi connectivity index (χ1n) is 14.8. The maximum absolute atomic E-state index is 13.6. The average Bonchev–Trinajstić information content (AvgIpc) is 3.40. The van der Waals surface area contributed by atoms with Crippen molar-refractivity contribution in [2.45, 2.75) is 91.5 Å². The minimum Gasteiger partial charge on any atom is -0.464 e. The lowest BCUT2D eigenvalue weighted by Gasteiger charge is -2.29. The van der Waals surface area contributed by atoms with Gasteiger partial charge in [0.05, 0.1) is 12.9 Å². The second-order valence-electron chi connectivity index (χ2n) is 12.1. The number of amides is 3. The van der Waals surface area contributed by atoms with Crippen molar-refractivity contribution in [2.75, 3.05) is 11.9 Å². The zero-order valence-electron chi connectivity index (χ0n) is 26.6. The highest BCUT2D eigenvalue weighted by Gasteiger charge is 2.34. The number of aryl methyl sites for hydroxylation is 1. The number of carbonyl (C=O) groups is 4. The van der Waals surface area contributed by atoms with Gasteiger partial charge in [-0.05, 0) is 84.1 Å². The van der Waals surface area contributed by atoms with E-state index in [1.165, 1.54) is 55.2 Å². The zero-order chi connectivity index (χ0) is 33.2. The standard InChI is InChI=1S/C33H42FN5O6.CH4/c1-7-44-29(41)27(23-16-18-24(34)19-17-23)39-20-26(35-21-39)37-28(40)25(15-11-14-22-12-9-8-10-13-22)36-30(42)33(5,6)38-31(43)45-32(2,3)4;/h8-10,12-13,16-21,25,27H,7,11,14-15H2,1-6H3,(H,36,42)(H,37,40)(H,38,43);1H4/t25-,27?;/m1./s1. The fraction of sp³-hybridized carbons (Fsp3) is 0.441. The molecule has 0 saturated carbocycles. The van der Waals surface area contributed by atoms with Crippen LogP contribution in [0.1, 0.15) is 79.0 Å². The summed E-state index contributed by atoms with van der Waals surface area (Å²) in [4.78, 5) is 56.3. The molecule has 0 saturated heterocycles. The van der Waals surface area contributed by atoms with Crippen LogP contribution in [0.15, 0.2) is 67.1 Å². The molecule has 1 aromatic heterocycles. The third kappa shape index (κ3) is 11.3. The molecule has 3 N–H and O–H groups in total. The van der Waals surface area contributed by atoms with Gasteiger partial charge in [0.2, 0.25) is 11.8 Å². The van der Waals surface area contributed by atoms with Crippen LogP contribution in [-0.2, 0) is 30.3 Å². The Morgan fingerprint density at radius 1 is 0.978 bits per heavy atom. The van der Waals surface area contributed by atoms with Gasteiger partial charge in [0, 0.05) is 6.20 Å². The van der Waals surface area contributed by atoms with E-state index in [1.807, 2.05) is 30.3 Å². The van der Waals surface area contributed by atoms with Gasteiger partial charge in [0.1, 0.15) is 23.0 Å². The fourth-order valence-electron chi connectivity index (χ4n) is 4.43. The molecule has 2 aromatic carbocycles. The molecule has 0 aliphatic carbocycles. The summed E-state index contributed by atoms with van der Waals surface area (Å²) < 4.78 is 25.5. The summed E-state index contributed by atoms with van der Waals surface area (Å²) in [5.74, 6) is -2.03. The number of esters is 1. The van der Waals surface area contributed by atoms with Crippen LogP contribution in [0.5, 0.6) is 0 Å². The number of carbonyl (C=O) groups excluding carboxylic acids is 4. The van der Waals surface area contributed by atoms with Crippen molar-refractivity contribution in [1.29, 1.82) is 0 Å². The molecule has 1 heterocycles. The molecule has 250 valence electrons. The van der Waals surface area contributed by atoms with E-state index >= 15 is 0 Å². The summed E-state index contributed by atoms with van der Waals surface area (Å²) in [6, 6.07) is 13.2. The van der Waals surface area contributed by atoms with E-state index in [0.717, 1.165) is 5.56 Å². The van der Waals surface area contributed by atoms with Crippen LogP contribution in [0.4, 0.5) is 15.0 Å². The smallest absolute Gasteiger partial charge is 0.408 e. The van der Waals surface area contributed by atoms with Crippen molar-refractivity contribution >= 4 is 29.7 Å². The Hall–Kier alpha value is -4.74. The van der Waals surface area contributed by atoms with Gasteiger partial charge < -0.3 is 30.0 Å². The van der Waals surface area contributed by atoms with Crippen molar-refractivity contribution in [3.05, 3.63) is 84.1 Å². The largest absolute Gasteiger partial charge is 0.464 e. The molecule has 0 radical (unpaired) electrons. The van der Waals surface area contributed by atoms with E-state index in [0.29, 0.717) is 18.4 Å². The molecule has 3 amide bonds. The topological polar surface area (TPSA) is 141 Å². The number of hydrogen-bond acceptors (Lipinski definition) is 7. The van der Waals surface area contributed by atoms with Gasteiger partial charge in [-0.2, -0.15) is 0 Å². The fourth-order valence-corrected chi connectivity index (χ4v) is 4.43. The maximum Gasteiger partial charge on any atom is 0.408 e. The zero-order valence-corrected chi connectivity index (χ0v) is 26.6. The molecular formula is C34H46FN5O6. The lowest BCUT2D eigenvalue weighted by atomic mass is 10.0. The van der Waals surface area contributed by atoms with E-state index in [1.54, 1.807) is 27.7 Å². The minimum absolute atomic E-state index is 0. The van der Waals surface area contributed by atoms with Crippen LogP contribution in [0.3, 0.4) is 0 Å². The van der Waals surface area contributed by atoms with Crippen molar-refractivity contribution < 1.29 is 33.0 Å². The quantitative estimate of drug-likeness (QED) is 0.208. The number of anilines is 1. The van der Waals surface area contributed by atoms with E-state index in [4.69, 9.17) is 9.47 Å². The van der Waals surface area contributed by atoms with Crippen molar-refractivity contribution in [2.24, 2.45) is 0 Å². The molecule has 12 heteroatoms.